The van der Waals surface area contributed by atoms with Crippen LogP contribution in [-0.4, -0.2) is 91.3 Å². The van der Waals surface area contributed by atoms with E-state index in [2.05, 4.69) is 16.0 Å². The van der Waals surface area contributed by atoms with Gasteiger partial charge in [0.05, 0.1) is 31.1 Å². The van der Waals surface area contributed by atoms with Crippen LogP contribution in [0.4, 0.5) is 4.39 Å². The Bertz CT molecular complexity index is 1550. The maximum absolute atomic E-state index is 13.6. The molecule has 0 saturated carbocycles. The molecule has 11 nitrogen and oxygen atoms in total. The SMILES string of the molecule is CCN1CC(=O)N(C)CC(=O)N[C@H](Cc2ccccc2)COc2ccccc2C(=O)N[C@H](C(=O)NCCc2ccc(F)cc2)CC1=O. The Morgan fingerprint density at radius 1 is 0.894 bits per heavy atom. The molecule has 2 atom stereocenters. The minimum Gasteiger partial charge on any atom is -0.491 e. The molecule has 1 aliphatic heterocycles. The first kappa shape index (κ1) is 34.6. The smallest absolute Gasteiger partial charge is 0.255 e. The van der Waals surface area contributed by atoms with Crippen LogP contribution in [0.15, 0.2) is 78.9 Å². The van der Waals surface area contributed by atoms with E-state index in [1.54, 1.807) is 43.3 Å². The van der Waals surface area contributed by atoms with Gasteiger partial charge in [-0.3, -0.25) is 24.0 Å². The van der Waals surface area contributed by atoms with Gasteiger partial charge in [-0.15, -0.1) is 0 Å². The summed E-state index contributed by atoms with van der Waals surface area (Å²) in [6, 6.07) is 20.1. The number of amides is 5. The third-order valence-corrected chi connectivity index (χ3v) is 7.76. The zero-order valence-corrected chi connectivity index (χ0v) is 26.5. The maximum Gasteiger partial charge on any atom is 0.255 e. The zero-order valence-electron chi connectivity index (χ0n) is 26.5. The van der Waals surface area contributed by atoms with Gasteiger partial charge in [0.1, 0.15) is 24.2 Å². The van der Waals surface area contributed by atoms with Crippen LogP contribution < -0.4 is 20.7 Å². The topological polar surface area (TPSA) is 137 Å². The van der Waals surface area contributed by atoms with Crippen molar-refractivity contribution < 1.29 is 33.1 Å². The minimum absolute atomic E-state index is 0.0119. The van der Waals surface area contributed by atoms with Crippen molar-refractivity contribution in [3.05, 3.63) is 101 Å². The lowest BCUT2D eigenvalue weighted by Gasteiger charge is -2.26. The molecule has 3 aromatic carbocycles. The standard InChI is InChI=1S/C35H40FN5O6/c1-3-41-22-33(44)40(2)21-31(42)38-27(19-25-9-5-4-6-10-25)23-47-30-12-8-7-11-28(30)34(45)39-29(20-32(41)43)35(46)37-18-17-24-13-15-26(36)16-14-24/h4-16,27,29H,3,17-23H2,1-2H3,(H,37,46)(H,38,42)(H,39,45)/t27-,29+/m1/s1. The number of carbonyl (C=O) groups is 5. The van der Waals surface area contributed by atoms with Gasteiger partial charge in [0, 0.05) is 20.1 Å². The number of fused-ring (bicyclic) bond motifs is 1. The van der Waals surface area contributed by atoms with Crippen LogP contribution in [0.25, 0.3) is 0 Å². The number of benzene rings is 3. The highest BCUT2D eigenvalue weighted by molar-refractivity contribution is 6.01. The quantitative estimate of drug-likeness (QED) is 0.360. The van der Waals surface area contributed by atoms with Gasteiger partial charge >= 0.3 is 0 Å². The molecule has 0 spiro atoms. The molecule has 0 aromatic heterocycles. The first-order chi connectivity index (χ1) is 22.6. The summed E-state index contributed by atoms with van der Waals surface area (Å²) in [5.41, 5.74) is 1.89. The van der Waals surface area contributed by atoms with Crippen molar-refractivity contribution in [1.82, 2.24) is 25.8 Å². The number of halogens is 1. The summed E-state index contributed by atoms with van der Waals surface area (Å²) >= 11 is 0. The van der Waals surface area contributed by atoms with Crippen LogP contribution in [0, 0.1) is 5.82 Å². The summed E-state index contributed by atoms with van der Waals surface area (Å²) in [5.74, 6) is -2.79. The normalized spacial score (nSPS) is 18.4. The van der Waals surface area contributed by atoms with Gasteiger partial charge in [0.2, 0.25) is 23.6 Å². The first-order valence-corrected chi connectivity index (χ1v) is 15.5. The van der Waals surface area contributed by atoms with Crippen LogP contribution in [0.1, 0.15) is 34.8 Å². The Balaban J connectivity index is 1.59. The molecule has 0 fully saturated rings. The molecule has 3 N–H and O–H groups in total. The first-order valence-electron chi connectivity index (χ1n) is 15.5. The largest absolute Gasteiger partial charge is 0.491 e. The zero-order chi connectivity index (χ0) is 33.8. The Hall–Kier alpha value is -5.26. The highest BCUT2D eigenvalue weighted by atomic mass is 19.1. The summed E-state index contributed by atoms with van der Waals surface area (Å²) in [6.07, 6.45) is 0.411. The summed E-state index contributed by atoms with van der Waals surface area (Å²) in [6.45, 7) is 1.48. The summed E-state index contributed by atoms with van der Waals surface area (Å²) in [5, 5.41) is 8.37. The molecule has 1 aliphatic rings. The highest BCUT2D eigenvalue weighted by Crippen LogP contribution is 2.19. The second kappa shape index (κ2) is 16.9. The molecular weight excluding hydrogens is 605 g/mol. The van der Waals surface area contributed by atoms with Crippen molar-refractivity contribution in [1.29, 1.82) is 0 Å². The number of ether oxygens (including phenoxy) is 1. The van der Waals surface area contributed by atoms with Crippen molar-refractivity contribution in [3.8, 4) is 5.75 Å². The fraction of sp³-hybridized carbons (Fsp3) is 0.343. The molecule has 12 heteroatoms. The molecule has 0 bridgehead atoms. The van der Waals surface area contributed by atoms with Crippen molar-refractivity contribution in [2.24, 2.45) is 0 Å². The van der Waals surface area contributed by atoms with E-state index in [4.69, 9.17) is 4.74 Å². The molecule has 0 unspecified atom stereocenters. The number of hydrogen-bond acceptors (Lipinski definition) is 6. The van der Waals surface area contributed by atoms with Gasteiger partial charge in [-0.25, -0.2) is 4.39 Å². The number of para-hydroxylation sites is 1. The molecule has 0 aliphatic carbocycles. The summed E-state index contributed by atoms with van der Waals surface area (Å²) in [7, 11) is 1.48. The van der Waals surface area contributed by atoms with Crippen LogP contribution in [0.2, 0.25) is 0 Å². The fourth-order valence-electron chi connectivity index (χ4n) is 5.11. The molecule has 3 aromatic rings. The van der Waals surface area contributed by atoms with E-state index in [9.17, 15) is 28.4 Å². The molecule has 0 radical (unpaired) electrons. The van der Waals surface area contributed by atoms with Crippen molar-refractivity contribution >= 4 is 29.5 Å². The van der Waals surface area contributed by atoms with E-state index >= 15 is 0 Å². The van der Waals surface area contributed by atoms with Crippen LogP contribution in [0.5, 0.6) is 5.75 Å². The average Bonchev–Trinajstić information content (AvgIpc) is 3.06. The number of carbonyl (C=O) groups excluding carboxylic acids is 5. The van der Waals surface area contributed by atoms with Gasteiger partial charge in [0.25, 0.3) is 5.91 Å². The van der Waals surface area contributed by atoms with Gasteiger partial charge in [-0.05, 0) is 55.2 Å². The summed E-state index contributed by atoms with van der Waals surface area (Å²) < 4.78 is 19.4. The number of rotatable bonds is 7. The van der Waals surface area contributed by atoms with Gasteiger partial charge in [-0.1, -0.05) is 54.6 Å². The minimum atomic E-state index is -1.28. The lowest BCUT2D eigenvalue weighted by atomic mass is 10.1. The van der Waals surface area contributed by atoms with Crippen LogP contribution in [-0.2, 0) is 32.0 Å². The van der Waals surface area contributed by atoms with Gasteiger partial charge < -0.3 is 30.5 Å². The monoisotopic (exact) mass is 645 g/mol. The van der Waals surface area contributed by atoms with Crippen molar-refractivity contribution in [2.45, 2.75) is 38.3 Å². The maximum atomic E-state index is 13.6. The summed E-state index contributed by atoms with van der Waals surface area (Å²) in [4.78, 5) is 69.0. The number of nitrogens with one attached hydrogen (secondary N) is 3. The van der Waals surface area contributed by atoms with E-state index in [0.717, 1.165) is 11.1 Å². The molecule has 4 rings (SSSR count). The molecule has 1 heterocycles. The second-order valence-electron chi connectivity index (χ2n) is 11.3. The third kappa shape index (κ3) is 10.4. The molecule has 0 saturated heterocycles. The lowest BCUT2D eigenvalue weighted by Crippen LogP contribution is -2.51. The van der Waals surface area contributed by atoms with E-state index in [1.165, 1.54) is 29.0 Å². The Morgan fingerprint density at radius 2 is 1.60 bits per heavy atom. The molecule has 47 heavy (non-hydrogen) atoms. The van der Waals surface area contributed by atoms with E-state index in [0.29, 0.717) is 12.8 Å². The lowest BCUT2D eigenvalue weighted by molar-refractivity contribution is -0.142. The number of hydrogen-bond donors (Lipinski definition) is 3. The van der Waals surface area contributed by atoms with E-state index in [1.807, 2.05) is 30.3 Å². The third-order valence-electron chi connectivity index (χ3n) is 7.76. The van der Waals surface area contributed by atoms with Gasteiger partial charge in [0.15, 0.2) is 0 Å². The molecule has 5 amide bonds. The molecular formula is C35H40FN5O6. The van der Waals surface area contributed by atoms with Crippen LogP contribution >= 0.6 is 0 Å². The van der Waals surface area contributed by atoms with Gasteiger partial charge in [-0.2, -0.15) is 0 Å². The predicted octanol–water partition coefficient (Wildman–Crippen LogP) is 2.10. The Kier molecular flexibility index (Phi) is 12.4. The molecule has 248 valence electrons. The average molecular weight is 646 g/mol. The highest BCUT2D eigenvalue weighted by Gasteiger charge is 2.29. The Labute approximate surface area is 273 Å². The van der Waals surface area contributed by atoms with Crippen molar-refractivity contribution in [3.63, 3.8) is 0 Å². The Morgan fingerprint density at radius 3 is 2.32 bits per heavy atom. The van der Waals surface area contributed by atoms with Crippen molar-refractivity contribution in [2.75, 3.05) is 39.8 Å². The van der Waals surface area contributed by atoms with Crippen LogP contribution in [0.3, 0.4) is 0 Å². The van der Waals surface area contributed by atoms with E-state index in [-0.39, 0.29) is 49.9 Å². The number of likely N-dealkylation sites (N-methyl/N-ethyl adjacent to an activating group) is 2. The van der Waals surface area contributed by atoms with E-state index < -0.39 is 48.0 Å². The number of nitrogens with zero attached hydrogens (tertiary/aromatic N) is 2. The second-order valence-corrected chi connectivity index (χ2v) is 11.3. The fourth-order valence-corrected chi connectivity index (χ4v) is 5.11. The predicted molar refractivity (Wildman–Crippen MR) is 173 cm³/mol.